The van der Waals surface area contributed by atoms with Crippen molar-refractivity contribution in [2.45, 2.75) is 51.7 Å². The first-order valence-electron chi connectivity index (χ1n) is 9.45. The monoisotopic (exact) mass is 375 g/mol. The highest BCUT2D eigenvalue weighted by atomic mass is 16.5. The van der Waals surface area contributed by atoms with Gasteiger partial charge < -0.3 is 21.1 Å². The topological polar surface area (TPSA) is 111 Å². The Bertz CT molecular complexity index is 660. The molecule has 0 unspecified atom stereocenters. The molecule has 3 amide bonds. The van der Waals surface area contributed by atoms with Crippen molar-refractivity contribution in [1.29, 1.82) is 0 Å². The second-order valence-electron chi connectivity index (χ2n) is 7.05. The summed E-state index contributed by atoms with van der Waals surface area (Å²) in [5, 5.41) is 5.58. The van der Waals surface area contributed by atoms with E-state index in [-0.39, 0.29) is 36.4 Å². The molecule has 0 saturated heterocycles. The Kier molecular flexibility index (Phi) is 7.79. The minimum atomic E-state index is -0.576. The standard InChI is InChI=1S/C20H29N3O4/c1-3-10-27-17-9-8-15(19(25)22-12-18(21)24)11-16(17)23-20(26)14-6-4-13(2)5-7-14/h4-7,15-17H,3,8-12H2,1-2H3,(H2,21,24)(H,22,25)(H,23,26)/t15-,16+,17+/m0/s1. The van der Waals surface area contributed by atoms with Gasteiger partial charge in [0.15, 0.2) is 0 Å². The zero-order valence-corrected chi connectivity index (χ0v) is 16.0. The summed E-state index contributed by atoms with van der Waals surface area (Å²) < 4.78 is 5.91. The second-order valence-corrected chi connectivity index (χ2v) is 7.05. The molecule has 27 heavy (non-hydrogen) atoms. The van der Waals surface area contributed by atoms with Gasteiger partial charge in [-0.1, -0.05) is 24.6 Å². The number of hydrogen-bond donors (Lipinski definition) is 3. The first kappa shape index (κ1) is 20.9. The Morgan fingerprint density at radius 1 is 1.19 bits per heavy atom. The number of hydrogen-bond acceptors (Lipinski definition) is 4. The molecule has 0 bridgehead atoms. The molecule has 0 aromatic heterocycles. The Balaban J connectivity index is 2.03. The van der Waals surface area contributed by atoms with Crippen LogP contribution in [0.15, 0.2) is 24.3 Å². The molecule has 1 fully saturated rings. The molecule has 7 nitrogen and oxygen atoms in total. The van der Waals surface area contributed by atoms with Crippen LogP contribution in [-0.2, 0) is 14.3 Å². The van der Waals surface area contributed by atoms with Gasteiger partial charge in [0.05, 0.1) is 18.7 Å². The number of nitrogens with two attached hydrogens (primary N) is 1. The molecule has 1 aliphatic rings. The van der Waals surface area contributed by atoms with E-state index in [0.717, 1.165) is 12.0 Å². The Morgan fingerprint density at radius 2 is 1.89 bits per heavy atom. The average Bonchev–Trinajstić information content (AvgIpc) is 2.65. The van der Waals surface area contributed by atoms with Gasteiger partial charge in [-0.05, 0) is 44.7 Å². The summed E-state index contributed by atoms with van der Waals surface area (Å²) >= 11 is 0. The smallest absolute Gasteiger partial charge is 0.251 e. The first-order chi connectivity index (χ1) is 12.9. The van der Waals surface area contributed by atoms with Crippen LogP contribution >= 0.6 is 0 Å². The molecule has 1 aliphatic carbocycles. The largest absolute Gasteiger partial charge is 0.376 e. The third kappa shape index (κ3) is 6.36. The predicted octanol–water partition coefficient (Wildman–Crippen LogP) is 1.29. The summed E-state index contributed by atoms with van der Waals surface area (Å²) in [5.41, 5.74) is 6.75. The number of carbonyl (C=O) groups is 3. The number of nitrogens with one attached hydrogen (secondary N) is 2. The molecule has 7 heteroatoms. The van der Waals surface area contributed by atoms with Crippen molar-refractivity contribution in [2.24, 2.45) is 11.7 Å². The number of primary amides is 1. The molecule has 148 valence electrons. The number of ether oxygens (including phenoxy) is 1. The number of carbonyl (C=O) groups excluding carboxylic acids is 3. The first-order valence-corrected chi connectivity index (χ1v) is 9.45. The molecular weight excluding hydrogens is 346 g/mol. The van der Waals surface area contributed by atoms with E-state index in [4.69, 9.17) is 10.5 Å². The van der Waals surface area contributed by atoms with Crippen LogP contribution in [0.1, 0.15) is 48.5 Å². The van der Waals surface area contributed by atoms with Crippen LogP contribution < -0.4 is 16.4 Å². The molecule has 1 saturated carbocycles. The van der Waals surface area contributed by atoms with E-state index in [0.29, 0.717) is 31.4 Å². The zero-order valence-electron chi connectivity index (χ0n) is 16.0. The third-order valence-corrected chi connectivity index (χ3v) is 4.76. The Morgan fingerprint density at radius 3 is 2.52 bits per heavy atom. The summed E-state index contributed by atoms with van der Waals surface area (Å²) in [4.78, 5) is 35.8. The van der Waals surface area contributed by atoms with E-state index >= 15 is 0 Å². The highest BCUT2D eigenvalue weighted by Gasteiger charge is 2.35. The average molecular weight is 375 g/mol. The van der Waals surface area contributed by atoms with E-state index < -0.39 is 5.91 Å². The SMILES string of the molecule is CCCO[C@@H]1CC[C@H](C(=O)NCC(N)=O)C[C@H]1NC(=O)c1ccc(C)cc1. The third-order valence-electron chi connectivity index (χ3n) is 4.76. The van der Waals surface area contributed by atoms with Crippen LogP contribution in [0.2, 0.25) is 0 Å². The fourth-order valence-corrected chi connectivity index (χ4v) is 3.28. The maximum Gasteiger partial charge on any atom is 0.251 e. The van der Waals surface area contributed by atoms with E-state index in [2.05, 4.69) is 10.6 Å². The molecule has 0 heterocycles. The van der Waals surface area contributed by atoms with Gasteiger partial charge in [0.2, 0.25) is 11.8 Å². The molecule has 1 aromatic carbocycles. The number of benzene rings is 1. The summed E-state index contributed by atoms with van der Waals surface area (Å²) in [5.74, 6) is -1.25. The molecule has 0 spiro atoms. The number of rotatable bonds is 8. The normalized spacial score (nSPS) is 22.1. The maximum atomic E-state index is 12.6. The summed E-state index contributed by atoms with van der Waals surface area (Å²) in [6.45, 7) is 4.43. The van der Waals surface area contributed by atoms with Gasteiger partial charge in [0.25, 0.3) is 5.91 Å². The fourth-order valence-electron chi connectivity index (χ4n) is 3.28. The van der Waals surface area contributed by atoms with Gasteiger partial charge >= 0.3 is 0 Å². The van der Waals surface area contributed by atoms with Gasteiger partial charge in [-0.3, -0.25) is 14.4 Å². The summed E-state index contributed by atoms with van der Waals surface area (Å²) in [7, 11) is 0. The van der Waals surface area contributed by atoms with Gasteiger partial charge in [0, 0.05) is 18.1 Å². The summed E-state index contributed by atoms with van der Waals surface area (Å²) in [6.07, 6.45) is 2.55. The molecule has 0 aliphatic heterocycles. The van der Waals surface area contributed by atoms with E-state index in [1.54, 1.807) is 12.1 Å². The second kappa shape index (κ2) is 10.1. The Labute approximate surface area is 160 Å². The summed E-state index contributed by atoms with van der Waals surface area (Å²) in [6, 6.07) is 7.09. The Hall–Kier alpha value is -2.41. The highest BCUT2D eigenvalue weighted by Crippen LogP contribution is 2.27. The molecule has 0 radical (unpaired) electrons. The zero-order chi connectivity index (χ0) is 19.8. The van der Waals surface area contributed by atoms with Crippen LogP contribution in [0.25, 0.3) is 0 Å². The molecular formula is C20H29N3O4. The van der Waals surface area contributed by atoms with E-state index in [1.165, 1.54) is 0 Å². The van der Waals surface area contributed by atoms with E-state index in [1.807, 2.05) is 26.0 Å². The van der Waals surface area contributed by atoms with Crippen molar-refractivity contribution in [1.82, 2.24) is 10.6 Å². The fraction of sp³-hybridized carbons (Fsp3) is 0.550. The maximum absolute atomic E-state index is 12.6. The van der Waals surface area contributed by atoms with Crippen molar-refractivity contribution >= 4 is 17.7 Å². The number of amides is 3. The lowest BCUT2D eigenvalue weighted by Crippen LogP contribution is -2.51. The van der Waals surface area contributed by atoms with Gasteiger partial charge in [-0.2, -0.15) is 0 Å². The van der Waals surface area contributed by atoms with Crippen LogP contribution in [0.5, 0.6) is 0 Å². The lowest BCUT2D eigenvalue weighted by atomic mass is 9.83. The van der Waals surface area contributed by atoms with Crippen LogP contribution in [0.4, 0.5) is 0 Å². The predicted molar refractivity (Wildman–Crippen MR) is 102 cm³/mol. The lowest BCUT2D eigenvalue weighted by Gasteiger charge is -2.36. The van der Waals surface area contributed by atoms with Crippen LogP contribution in [0.3, 0.4) is 0 Å². The quantitative estimate of drug-likeness (QED) is 0.636. The molecule has 4 N–H and O–H groups in total. The highest BCUT2D eigenvalue weighted by molar-refractivity contribution is 5.94. The number of aryl methyl sites for hydroxylation is 1. The minimum absolute atomic E-state index is 0.125. The van der Waals surface area contributed by atoms with Crippen molar-refractivity contribution in [3.8, 4) is 0 Å². The van der Waals surface area contributed by atoms with Crippen LogP contribution in [0, 0.1) is 12.8 Å². The van der Waals surface area contributed by atoms with Gasteiger partial charge in [0.1, 0.15) is 0 Å². The molecule has 1 aromatic rings. The van der Waals surface area contributed by atoms with Crippen molar-refractivity contribution < 1.29 is 19.1 Å². The van der Waals surface area contributed by atoms with Crippen molar-refractivity contribution in [3.05, 3.63) is 35.4 Å². The van der Waals surface area contributed by atoms with Gasteiger partial charge in [-0.25, -0.2) is 0 Å². The van der Waals surface area contributed by atoms with Crippen molar-refractivity contribution in [3.63, 3.8) is 0 Å². The van der Waals surface area contributed by atoms with Gasteiger partial charge in [-0.15, -0.1) is 0 Å². The van der Waals surface area contributed by atoms with E-state index in [9.17, 15) is 14.4 Å². The van der Waals surface area contributed by atoms with Crippen molar-refractivity contribution in [2.75, 3.05) is 13.2 Å². The molecule has 3 atom stereocenters. The minimum Gasteiger partial charge on any atom is -0.376 e. The lowest BCUT2D eigenvalue weighted by molar-refractivity contribution is -0.129. The van der Waals surface area contributed by atoms with Crippen LogP contribution in [-0.4, -0.2) is 43.0 Å². The molecule has 2 rings (SSSR count).